The minimum atomic E-state index is 0.410. The molecule has 2 aromatic rings. The fourth-order valence-electron chi connectivity index (χ4n) is 1.43. The summed E-state index contributed by atoms with van der Waals surface area (Å²) in [6.07, 6.45) is 0. The summed E-state index contributed by atoms with van der Waals surface area (Å²) in [5.41, 5.74) is 2.99. The summed E-state index contributed by atoms with van der Waals surface area (Å²) in [6.45, 7) is 4.33. The lowest BCUT2D eigenvalue weighted by atomic mass is 10.0. The summed E-state index contributed by atoms with van der Waals surface area (Å²) in [5, 5.41) is 10.7. The molecule has 3 nitrogen and oxygen atoms in total. The van der Waals surface area contributed by atoms with Gasteiger partial charge in [-0.3, -0.25) is 0 Å². The van der Waals surface area contributed by atoms with Gasteiger partial charge in [-0.1, -0.05) is 49.7 Å². The first-order valence-electron chi connectivity index (χ1n) is 4.85. The van der Waals surface area contributed by atoms with E-state index in [9.17, 15) is 0 Å². The number of halogens is 1. The van der Waals surface area contributed by atoms with Crippen molar-refractivity contribution in [3.8, 4) is 11.3 Å². The number of aromatic amines is 1. The second-order valence-corrected chi connectivity index (χ2v) is 4.10. The van der Waals surface area contributed by atoms with Crippen LogP contribution in [-0.4, -0.2) is 15.4 Å². The maximum atomic E-state index is 5.87. The summed E-state index contributed by atoms with van der Waals surface area (Å²) < 4.78 is 0. The van der Waals surface area contributed by atoms with Crippen LogP contribution in [0.1, 0.15) is 25.3 Å². The third-order valence-corrected chi connectivity index (χ3v) is 2.62. The molecule has 0 fully saturated rings. The van der Waals surface area contributed by atoms with Crippen molar-refractivity contribution in [2.24, 2.45) is 0 Å². The van der Waals surface area contributed by atoms with Crippen LogP contribution in [0.3, 0.4) is 0 Å². The number of benzene rings is 1. The van der Waals surface area contributed by atoms with Crippen LogP contribution in [0, 0.1) is 0 Å². The zero-order valence-corrected chi connectivity index (χ0v) is 9.42. The topological polar surface area (TPSA) is 41.6 Å². The smallest absolute Gasteiger partial charge is 0.179 e. The SMILES string of the molecule is CC(C)c1ccc(-c2n[nH]nc2Cl)cc1. The first kappa shape index (κ1) is 10.2. The van der Waals surface area contributed by atoms with Gasteiger partial charge in [0.2, 0.25) is 0 Å². The second-order valence-electron chi connectivity index (χ2n) is 3.74. The van der Waals surface area contributed by atoms with Gasteiger partial charge in [0.15, 0.2) is 5.15 Å². The first-order chi connectivity index (χ1) is 7.18. The van der Waals surface area contributed by atoms with Crippen molar-refractivity contribution < 1.29 is 0 Å². The third-order valence-electron chi connectivity index (χ3n) is 2.36. The molecule has 0 aliphatic rings. The highest BCUT2D eigenvalue weighted by molar-refractivity contribution is 6.31. The minimum Gasteiger partial charge on any atom is -0.196 e. The quantitative estimate of drug-likeness (QED) is 0.846. The average molecular weight is 222 g/mol. The molecule has 1 N–H and O–H groups in total. The van der Waals surface area contributed by atoms with Gasteiger partial charge in [0.05, 0.1) is 0 Å². The molecule has 4 heteroatoms. The minimum absolute atomic E-state index is 0.410. The van der Waals surface area contributed by atoms with Crippen molar-refractivity contribution in [1.82, 2.24) is 15.4 Å². The fourth-order valence-corrected chi connectivity index (χ4v) is 1.62. The molecular weight excluding hydrogens is 210 g/mol. The van der Waals surface area contributed by atoms with E-state index in [1.165, 1.54) is 5.56 Å². The Morgan fingerprint density at radius 3 is 2.27 bits per heavy atom. The summed E-state index contributed by atoms with van der Waals surface area (Å²) in [6, 6.07) is 8.20. The van der Waals surface area contributed by atoms with Crippen LogP contribution in [0.5, 0.6) is 0 Å². The highest BCUT2D eigenvalue weighted by Crippen LogP contribution is 2.24. The highest BCUT2D eigenvalue weighted by Gasteiger charge is 2.07. The number of aromatic nitrogens is 3. The van der Waals surface area contributed by atoms with Gasteiger partial charge >= 0.3 is 0 Å². The van der Waals surface area contributed by atoms with E-state index in [0.29, 0.717) is 16.8 Å². The van der Waals surface area contributed by atoms with Gasteiger partial charge in [-0.2, -0.15) is 10.3 Å². The standard InChI is InChI=1S/C11H12ClN3/c1-7(2)8-3-5-9(6-4-8)10-11(12)14-15-13-10/h3-7H,1-2H3,(H,13,14,15). The van der Waals surface area contributed by atoms with Gasteiger partial charge < -0.3 is 0 Å². The van der Waals surface area contributed by atoms with Crippen LogP contribution in [-0.2, 0) is 0 Å². The van der Waals surface area contributed by atoms with Crippen molar-refractivity contribution in [3.05, 3.63) is 35.0 Å². The normalized spacial score (nSPS) is 10.9. The van der Waals surface area contributed by atoms with Crippen molar-refractivity contribution in [3.63, 3.8) is 0 Å². The van der Waals surface area contributed by atoms with Crippen molar-refractivity contribution in [2.45, 2.75) is 19.8 Å². The molecule has 1 heterocycles. The molecule has 0 saturated heterocycles. The number of nitrogens with zero attached hydrogens (tertiary/aromatic N) is 2. The lowest BCUT2D eigenvalue weighted by molar-refractivity contribution is 0.867. The molecule has 0 spiro atoms. The Morgan fingerprint density at radius 1 is 1.13 bits per heavy atom. The van der Waals surface area contributed by atoms with Crippen molar-refractivity contribution in [1.29, 1.82) is 0 Å². The largest absolute Gasteiger partial charge is 0.196 e. The van der Waals surface area contributed by atoms with Gasteiger partial charge in [0, 0.05) is 5.56 Å². The molecule has 0 atom stereocenters. The monoisotopic (exact) mass is 221 g/mol. The predicted molar refractivity (Wildman–Crippen MR) is 60.9 cm³/mol. The van der Waals surface area contributed by atoms with E-state index >= 15 is 0 Å². The molecular formula is C11H12ClN3. The van der Waals surface area contributed by atoms with E-state index in [1.807, 2.05) is 12.1 Å². The van der Waals surface area contributed by atoms with Crippen LogP contribution in [0.15, 0.2) is 24.3 Å². The van der Waals surface area contributed by atoms with E-state index in [1.54, 1.807) is 0 Å². The molecule has 78 valence electrons. The maximum absolute atomic E-state index is 5.87. The molecule has 0 saturated carbocycles. The van der Waals surface area contributed by atoms with Crippen LogP contribution in [0.25, 0.3) is 11.3 Å². The number of nitrogens with one attached hydrogen (secondary N) is 1. The number of H-pyrrole nitrogens is 1. The molecule has 2 rings (SSSR count). The van der Waals surface area contributed by atoms with Gasteiger partial charge in [0.25, 0.3) is 0 Å². The molecule has 1 aromatic carbocycles. The van der Waals surface area contributed by atoms with E-state index in [0.717, 1.165) is 5.56 Å². The molecule has 0 aliphatic carbocycles. The first-order valence-corrected chi connectivity index (χ1v) is 5.23. The summed E-state index contributed by atoms with van der Waals surface area (Å²) >= 11 is 5.87. The Labute approximate surface area is 93.5 Å². The number of rotatable bonds is 2. The summed E-state index contributed by atoms with van der Waals surface area (Å²) in [7, 11) is 0. The van der Waals surface area contributed by atoms with Gasteiger partial charge in [-0.15, -0.1) is 5.10 Å². The Hall–Kier alpha value is -1.35. The van der Waals surface area contributed by atoms with E-state index in [4.69, 9.17) is 11.6 Å². The van der Waals surface area contributed by atoms with Gasteiger partial charge in [-0.25, -0.2) is 0 Å². The van der Waals surface area contributed by atoms with Crippen LogP contribution >= 0.6 is 11.6 Å². The molecule has 0 amide bonds. The van der Waals surface area contributed by atoms with Gasteiger partial charge in [0.1, 0.15) is 5.69 Å². The Bertz CT molecular complexity index is 445. The molecule has 0 bridgehead atoms. The Morgan fingerprint density at radius 2 is 1.80 bits per heavy atom. The zero-order chi connectivity index (χ0) is 10.8. The molecule has 0 radical (unpaired) electrons. The zero-order valence-electron chi connectivity index (χ0n) is 8.66. The highest BCUT2D eigenvalue weighted by atomic mass is 35.5. The average Bonchev–Trinajstić information content (AvgIpc) is 2.65. The fraction of sp³-hybridized carbons (Fsp3) is 0.273. The molecule has 15 heavy (non-hydrogen) atoms. The van der Waals surface area contributed by atoms with Crippen LogP contribution in [0.4, 0.5) is 0 Å². The van der Waals surface area contributed by atoms with Crippen LogP contribution in [0.2, 0.25) is 5.15 Å². The maximum Gasteiger partial charge on any atom is 0.179 e. The lowest BCUT2D eigenvalue weighted by Gasteiger charge is -2.05. The van der Waals surface area contributed by atoms with E-state index in [-0.39, 0.29) is 0 Å². The Kier molecular flexibility index (Phi) is 2.73. The summed E-state index contributed by atoms with van der Waals surface area (Å²) in [4.78, 5) is 0. The third kappa shape index (κ3) is 2.02. The van der Waals surface area contributed by atoms with E-state index in [2.05, 4.69) is 41.4 Å². The van der Waals surface area contributed by atoms with E-state index < -0.39 is 0 Å². The molecule has 0 unspecified atom stereocenters. The van der Waals surface area contributed by atoms with Crippen LogP contribution < -0.4 is 0 Å². The lowest BCUT2D eigenvalue weighted by Crippen LogP contribution is -1.87. The second kappa shape index (κ2) is 4.03. The molecule has 0 aliphatic heterocycles. The predicted octanol–water partition coefficient (Wildman–Crippen LogP) is 3.25. The number of hydrogen-bond acceptors (Lipinski definition) is 2. The van der Waals surface area contributed by atoms with Crippen molar-refractivity contribution in [2.75, 3.05) is 0 Å². The molecule has 1 aromatic heterocycles. The van der Waals surface area contributed by atoms with Crippen molar-refractivity contribution >= 4 is 11.6 Å². The summed E-state index contributed by atoms with van der Waals surface area (Å²) in [5.74, 6) is 0.534. The Balaban J connectivity index is 2.36. The van der Waals surface area contributed by atoms with Gasteiger partial charge in [-0.05, 0) is 11.5 Å². The number of hydrogen-bond donors (Lipinski definition) is 1.